The summed E-state index contributed by atoms with van der Waals surface area (Å²) < 4.78 is 1.67. The molecule has 0 saturated carbocycles. The van der Waals surface area contributed by atoms with E-state index >= 15 is 0 Å². The monoisotopic (exact) mass is 338 g/mol. The molecule has 1 heterocycles. The van der Waals surface area contributed by atoms with Gasteiger partial charge in [-0.25, -0.2) is 0 Å². The van der Waals surface area contributed by atoms with Gasteiger partial charge < -0.3 is 9.88 Å². The number of nitrogens with zero attached hydrogens (tertiary/aromatic N) is 1. The lowest BCUT2D eigenvalue weighted by Gasteiger charge is -2.16. The smallest absolute Gasteiger partial charge is 0.258 e. The fourth-order valence-corrected chi connectivity index (χ4v) is 2.98. The lowest BCUT2D eigenvalue weighted by Crippen LogP contribution is -2.16. The van der Waals surface area contributed by atoms with E-state index in [1.165, 1.54) is 12.0 Å². The van der Waals surface area contributed by atoms with Gasteiger partial charge in [0.25, 0.3) is 5.56 Å². The molecule has 0 radical (unpaired) electrons. The molecule has 3 rings (SSSR count). The van der Waals surface area contributed by atoms with E-state index in [1.807, 2.05) is 37.5 Å². The Labute approximate surface area is 151 Å². The van der Waals surface area contributed by atoms with E-state index in [4.69, 9.17) is 0 Å². The molecule has 0 aliphatic rings. The first-order valence-corrected chi connectivity index (χ1v) is 8.97. The highest BCUT2D eigenvalue weighted by Crippen LogP contribution is 2.35. The summed E-state index contributed by atoms with van der Waals surface area (Å²) in [5.74, 6) is 0. The number of hydrogen-bond acceptors (Lipinski definition) is 2. The van der Waals surface area contributed by atoms with Gasteiger partial charge in [0.2, 0.25) is 0 Å². The van der Waals surface area contributed by atoms with Gasteiger partial charge in [-0.3, -0.25) is 4.79 Å². The van der Waals surface area contributed by atoms with Crippen LogP contribution >= 0.6 is 0 Å². The minimum atomic E-state index is 0. The second kappa shape index (κ2) is 8.52. The fraction of sp³-hybridized carbons (Fsp3) is 0.318. The van der Waals surface area contributed by atoms with Crippen molar-refractivity contribution < 1.29 is 1.43 Å². The van der Waals surface area contributed by atoms with Crippen molar-refractivity contribution in [1.29, 1.82) is 0 Å². The van der Waals surface area contributed by atoms with E-state index < -0.39 is 0 Å². The summed E-state index contributed by atoms with van der Waals surface area (Å²) in [5, 5.41) is 5.18. The van der Waals surface area contributed by atoms with Gasteiger partial charge in [0, 0.05) is 43.4 Å². The molecule has 3 aromatic rings. The Bertz CT molecular complexity index is 916. The topological polar surface area (TPSA) is 34.0 Å². The van der Waals surface area contributed by atoms with Crippen LogP contribution in [-0.4, -0.2) is 11.1 Å². The predicted molar refractivity (Wildman–Crippen MR) is 112 cm³/mol. The summed E-state index contributed by atoms with van der Waals surface area (Å²) in [7, 11) is 1.81. The first-order chi connectivity index (χ1) is 12.0. The minimum absolute atomic E-state index is 0. The summed E-state index contributed by atoms with van der Waals surface area (Å²) in [6.45, 7) is 9.31. The molecule has 3 heteroatoms. The van der Waals surface area contributed by atoms with Crippen molar-refractivity contribution in [1.82, 2.24) is 4.57 Å². The molecule has 0 aliphatic heterocycles. The number of nitrogens with one attached hydrogen (secondary N) is 1. The van der Waals surface area contributed by atoms with E-state index in [1.54, 1.807) is 4.57 Å². The number of rotatable bonds is 3. The number of benzene rings is 2. The second-order valence-corrected chi connectivity index (χ2v) is 6.24. The Morgan fingerprint density at radius 3 is 2.28 bits per heavy atom. The average Bonchev–Trinajstić information content (AvgIpc) is 2.60. The molecule has 0 atom stereocenters. The van der Waals surface area contributed by atoms with Crippen LogP contribution in [0.1, 0.15) is 34.2 Å². The van der Waals surface area contributed by atoms with Crippen LogP contribution in [0.15, 0.2) is 53.5 Å². The molecule has 0 unspecified atom stereocenters. The summed E-state index contributed by atoms with van der Waals surface area (Å²) >= 11 is 0. The zero-order valence-corrected chi connectivity index (χ0v) is 15.9. The average molecular weight is 338 g/mol. The fourth-order valence-electron chi connectivity index (χ4n) is 2.98. The van der Waals surface area contributed by atoms with Crippen LogP contribution in [0, 0.1) is 6.92 Å². The molecule has 0 saturated heterocycles. The third-order valence-electron chi connectivity index (χ3n) is 4.00. The normalized spacial score (nSPS) is 10.3. The predicted octanol–water partition coefficient (Wildman–Crippen LogP) is 5.61. The van der Waals surface area contributed by atoms with Gasteiger partial charge in [-0.15, -0.1) is 0 Å². The number of pyridine rings is 1. The number of anilines is 1. The Morgan fingerprint density at radius 2 is 1.64 bits per heavy atom. The molecule has 1 N–H and O–H groups in total. The van der Waals surface area contributed by atoms with E-state index in [-0.39, 0.29) is 6.99 Å². The first-order valence-electron chi connectivity index (χ1n) is 8.97. The van der Waals surface area contributed by atoms with Crippen LogP contribution in [0.25, 0.3) is 21.9 Å². The SMILES string of the molecule is CCC.CCNc1cccc(C)c1-c1cn(C)c(=O)c2ccccc12.[HH]. The second-order valence-electron chi connectivity index (χ2n) is 6.24. The molecule has 0 aliphatic carbocycles. The van der Waals surface area contributed by atoms with Gasteiger partial charge in [-0.1, -0.05) is 50.6 Å². The molecule has 25 heavy (non-hydrogen) atoms. The number of aromatic nitrogens is 1. The van der Waals surface area contributed by atoms with Crippen LogP contribution in [-0.2, 0) is 7.05 Å². The van der Waals surface area contributed by atoms with Gasteiger partial charge >= 0.3 is 0 Å². The zero-order valence-electron chi connectivity index (χ0n) is 15.9. The Morgan fingerprint density at radius 1 is 1.00 bits per heavy atom. The van der Waals surface area contributed by atoms with Gasteiger partial charge in [-0.05, 0) is 36.9 Å². The molecule has 2 aromatic carbocycles. The maximum Gasteiger partial charge on any atom is 0.258 e. The Hall–Kier alpha value is -2.55. The lowest BCUT2D eigenvalue weighted by molar-refractivity contribution is 0.874. The van der Waals surface area contributed by atoms with Crippen molar-refractivity contribution in [3.63, 3.8) is 0 Å². The maximum absolute atomic E-state index is 12.4. The largest absolute Gasteiger partial charge is 0.385 e. The molecule has 1 aromatic heterocycles. The third kappa shape index (κ3) is 3.93. The van der Waals surface area contributed by atoms with E-state index in [0.717, 1.165) is 34.1 Å². The van der Waals surface area contributed by atoms with Crippen molar-refractivity contribution in [2.24, 2.45) is 7.05 Å². The number of fused-ring (bicyclic) bond motifs is 1. The quantitative estimate of drug-likeness (QED) is 0.673. The molecule has 0 bridgehead atoms. The van der Waals surface area contributed by atoms with E-state index in [2.05, 4.69) is 51.2 Å². The number of aryl methyl sites for hydroxylation is 2. The highest BCUT2D eigenvalue weighted by atomic mass is 16.1. The van der Waals surface area contributed by atoms with Gasteiger partial charge in [-0.2, -0.15) is 0 Å². The minimum Gasteiger partial charge on any atom is -0.385 e. The standard InChI is InChI=1S/C19H20N2O.C3H8.H2/c1-4-20-17-11-7-8-13(2)18(17)16-12-21(3)19(22)15-10-6-5-9-14(15)16;1-3-2;/h5-12,20H,4H2,1-3H3;3H2,1-2H3;1H. The molecule has 0 fully saturated rings. The maximum atomic E-state index is 12.4. The highest BCUT2D eigenvalue weighted by molar-refractivity contribution is 5.99. The zero-order chi connectivity index (χ0) is 18.4. The van der Waals surface area contributed by atoms with Gasteiger partial charge in [0.05, 0.1) is 0 Å². The van der Waals surface area contributed by atoms with Crippen molar-refractivity contribution in [2.45, 2.75) is 34.1 Å². The molecular weight excluding hydrogens is 308 g/mol. The summed E-state index contributed by atoms with van der Waals surface area (Å²) in [4.78, 5) is 12.4. The number of hydrogen-bond donors (Lipinski definition) is 1. The summed E-state index contributed by atoms with van der Waals surface area (Å²) in [5.41, 5.74) is 4.59. The van der Waals surface area contributed by atoms with E-state index in [9.17, 15) is 4.79 Å². The first kappa shape index (κ1) is 18.8. The highest BCUT2D eigenvalue weighted by Gasteiger charge is 2.13. The lowest BCUT2D eigenvalue weighted by atomic mass is 9.95. The van der Waals surface area contributed by atoms with Crippen LogP contribution in [0.3, 0.4) is 0 Å². The molecule has 0 amide bonds. The van der Waals surface area contributed by atoms with E-state index in [0.29, 0.717) is 0 Å². The van der Waals surface area contributed by atoms with Crippen molar-refractivity contribution >= 4 is 16.5 Å². The molecule has 134 valence electrons. The molecular formula is C22H30N2O. The Balaban J connectivity index is 0.000000791. The van der Waals surface area contributed by atoms with Crippen molar-refractivity contribution in [3.8, 4) is 11.1 Å². The van der Waals surface area contributed by atoms with Crippen LogP contribution < -0.4 is 10.9 Å². The molecule has 0 spiro atoms. The van der Waals surface area contributed by atoms with Crippen LogP contribution in [0.2, 0.25) is 0 Å². The third-order valence-corrected chi connectivity index (χ3v) is 4.00. The van der Waals surface area contributed by atoms with Crippen LogP contribution in [0.5, 0.6) is 0 Å². The van der Waals surface area contributed by atoms with Crippen LogP contribution in [0.4, 0.5) is 5.69 Å². The van der Waals surface area contributed by atoms with Crippen molar-refractivity contribution in [2.75, 3.05) is 11.9 Å². The van der Waals surface area contributed by atoms with Crippen molar-refractivity contribution in [3.05, 3.63) is 64.6 Å². The van der Waals surface area contributed by atoms with Gasteiger partial charge in [0.1, 0.15) is 0 Å². The molecule has 3 nitrogen and oxygen atoms in total. The summed E-state index contributed by atoms with van der Waals surface area (Å²) in [6.07, 6.45) is 3.19. The van der Waals surface area contributed by atoms with Gasteiger partial charge in [0.15, 0.2) is 0 Å². The Kier molecular flexibility index (Phi) is 6.40. The summed E-state index contributed by atoms with van der Waals surface area (Å²) in [6, 6.07) is 14.1.